The van der Waals surface area contributed by atoms with Gasteiger partial charge in [-0.3, -0.25) is 4.99 Å². The van der Waals surface area contributed by atoms with Crippen LogP contribution in [0.4, 0.5) is 0 Å². The van der Waals surface area contributed by atoms with Crippen molar-refractivity contribution in [1.29, 1.82) is 0 Å². The van der Waals surface area contributed by atoms with Gasteiger partial charge in [0.1, 0.15) is 0 Å². The molecule has 1 nitrogen and oxygen atoms in total. The van der Waals surface area contributed by atoms with Gasteiger partial charge in [-0.15, -0.1) is 0 Å². The van der Waals surface area contributed by atoms with Gasteiger partial charge in [0.2, 0.25) is 0 Å². The van der Waals surface area contributed by atoms with Crippen LogP contribution in [-0.2, 0) is 0 Å². The molecule has 0 fully saturated rings. The quantitative estimate of drug-likeness (QED) is 0.561. The molecule has 1 heteroatoms. The fraction of sp³-hybridized carbons (Fsp3) is 0.364. The van der Waals surface area contributed by atoms with Gasteiger partial charge in [-0.2, -0.15) is 0 Å². The van der Waals surface area contributed by atoms with Gasteiger partial charge >= 0.3 is 0 Å². The lowest BCUT2D eigenvalue weighted by atomic mass is 10.0. The number of hydrogen-bond acceptors (Lipinski definition) is 1. The lowest BCUT2D eigenvalue weighted by Gasteiger charge is -2.05. The average molecular weight is 161 g/mol. The molecule has 0 saturated carbocycles. The molecule has 0 aromatic heterocycles. The summed E-state index contributed by atoms with van der Waals surface area (Å²) in [6, 6.07) is 4.36. The van der Waals surface area contributed by atoms with Gasteiger partial charge in [-0.25, -0.2) is 0 Å². The maximum absolute atomic E-state index is 4.02. The zero-order chi connectivity index (χ0) is 9.14. The van der Waals surface area contributed by atoms with Gasteiger partial charge < -0.3 is 0 Å². The number of hydrogen-bond donors (Lipinski definition) is 0. The lowest BCUT2D eigenvalue weighted by molar-refractivity contribution is 1.28. The van der Waals surface area contributed by atoms with E-state index in [0.29, 0.717) is 0 Å². The molecule has 0 spiro atoms. The summed E-state index contributed by atoms with van der Waals surface area (Å²) in [6.45, 7) is 6.38. The predicted octanol–water partition coefficient (Wildman–Crippen LogP) is 2.66. The van der Waals surface area contributed by atoms with Crippen molar-refractivity contribution in [2.45, 2.75) is 20.8 Å². The van der Waals surface area contributed by atoms with Crippen LogP contribution in [0.2, 0.25) is 0 Å². The summed E-state index contributed by atoms with van der Waals surface area (Å²) >= 11 is 0. The number of nitrogens with zero attached hydrogens (tertiary/aromatic N) is 1. The smallest absolute Gasteiger partial charge is 0.0284 e. The van der Waals surface area contributed by atoms with Crippen molar-refractivity contribution in [3.63, 3.8) is 0 Å². The van der Waals surface area contributed by atoms with Crippen molar-refractivity contribution < 1.29 is 0 Å². The minimum Gasteiger partial charge on any atom is -0.296 e. The van der Waals surface area contributed by atoms with Crippen LogP contribution in [0.15, 0.2) is 17.1 Å². The first-order chi connectivity index (χ1) is 5.65. The summed E-state index contributed by atoms with van der Waals surface area (Å²) in [7, 11) is 1.80. The first kappa shape index (κ1) is 8.98. The molecule has 1 aromatic rings. The van der Waals surface area contributed by atoms with Gasteiger partial charge in [0.25, 0.3) is 0 Å². The van der Waals surface area contributed by atoms with Gasteiger partial charge in [-0.1, -0.05) is 17.7 Å². The van der Waals surface area contributed by atoms with E-state index in [0.717, 1.165) is 0 Å². The van der Waals surface area contributed by atoms with Crippen molar-refractivity contribution in [2.75, 3.05) is 7.05 Å². The standard InChI is InChI=1S/C11H15N/c1-8-5-9(2)10(3)11(6-8)7-12-4/h5-7H,1-4H3. The Bertz CT molecular complexity index is 311. The number of aryl methyl sites for hydroxylation is 2. The Morgan fingerprint density at radius 3 is 2.42 bits per heavy atom. The predicted molar refractivity (Wildman–Crippen MR) is 54.2 cm³/mol. The first-order valence-corrected chi connectivity index (χ1v) is 4.15. The first-order valence-electron chi connectivity index (χ1n) is 4.15. The summed E-state index contributed by atoms with van der Waals surface area (Å²) in [5, 5.41) is 0. The number of benzene rings is 1. The van der Waals surface area contributed by atoms with Crippen molar-refractivity contribution >= 4 is 6.21 Å². The van der Waals surface area contributed by atoms with E-state index >= 15 is 0 Å². The van der Waals surface area contributed by atoms with E-state index in [1.165, 1.54) is 22.3 Å². The highest BCUT2D eigenvalue weighted by molar-refractivity contribution is 5.82. The van der Waals surface area contributed by atoms with Crippen LogP contribution in [0.3, 0.4) is 0 Å². The van der Waals surface area contributed by atoms with Crippen LogP contribution < -0.4 is 0 Å². The van der Waals surface area contributed by atoms with Crippen molar-refractivity contribution in [1.82, 2.24) is 0 Å². The molecule has 12 heavy (non-hydrogen) atoms. The molecule has 0 N–H and O–H groups in total. The van der Waals surface area contributed by atoms with E-state index in [4.69, 9.17) is 0 Å². The molecule has 0 aliphatic rings. The van der Waals surface area contributed by atoms with Crippen LogP contribution >= 0.6 is 0 Å². The molecular formula is C11H15N. The second-order valence-electron chi connectivity index (χ2n) is 3.18. The maximum atomic E-state index is 4.02. The molecular weight excluding hydrogens is 146 g/mol. The fourth-order valence-electron chi connectivity index (χ4n) is 1.35. The van der Waals surface area contributed by atoms with Crippen molar-refractivity contribution in [3.05, 3.63) is 34.4 Å². The molecule has 0 radical (unpaired) electrons. The topological polar surface area (TPSA) is 12.4 Å². The molecule has 0 bridgehead atoms. The third-order valence-corrected chi connectivity index (χ3v) is 2.12. The second kappa shape index (κ2) is 3.53. The summed E-state index contributed by atoms with van der Waals surface area (Å²) in [6.07, 6.45) is 1.91. The van der Waals surface area contributed by atoms with Crippen LogP contribution in [0.25, 0.3) is 0 Å². The maximum Gasteiger partial charge on any atom is 0.0284 e. The summed E-state index contributed by atoms with van der Waals surface area (Å²) in [5.41, 5.74) is 5.19. The summed E-state index contributed by atoms with van der Waals surface area (Å²) in [4.78, 5) is 4.02. The molecule has 0 heterocycles. The van der Waals surface area contributed by atoms with E-state index in [9.17, 15) is 0 Å². The Balaban J connectivity index is 3.27. The summed E-state index contributed by atoms with van der Waals surface area (Å²) in [5.74, 6) is 0. The molecule has 1 aromatic carbocycles. The van der Waals surface area contributed by atoms with Crippen LogP contribution in [0.1, 0.15) is 22.3 Å². The molecule has 0 aliphatic heterocycles. The largest absolute Gasteiger partial charge is 0.296 e. The van der Waals surface area contributed by atoms with Crippen LogP contribution in [0.5, 0.6) is 0 Å². The zero-order valence-corrected chi connectivity index (χ0v) is 8.18. The van der Waals surface area contributed by atoms with Crippen LogP contribution in [-0.4, -0.2) is 13.3 Å². The molecule has 0 saturated heterocycles. The van der Waals surface area contributed by atoms with E-state index in [2.05, 4.69) is 37.9 Å². The van der Waals surface area contributed by atoms with E-state index in [-0.39, 0.29) is 0 Å². The Hall–Kier alpha value is -1.11. The van der Waals surface area contributed by atoms with Crippen molar-refractivity contribution in [2.24, 2.45) is 4.99 Å². The fourth-order valence-corrected chi connectivity index (χ4v) is 1.35. The third kappa shape index (κ3) is 1.73. The van der Waals surface area contributed by atoms with Gasteiger partial charge in [0, 0.05) is 13.3 Å². The van der Waals surface area contributed by atoms with Crippen LogP contribution in [0, 0.1) is 20.8 Å². The highest BCUT2D eigenvalue weighted by Crippen LogP contribution is 2.13. The SMILES string of the molecule is CN=Cc1cc(C)cc(C)c1C. The Morgan fingerprint density at radius 1 is 1.17 bits per heavy atom. The normalized spacial score (nSPS) is 11.0. The van der Waals surface area contributed by atoms with Gasteiger partial charge in [-0.05, 0) is 37.5 Å². The van der Waals surface area contributed by atoms with Gasteiger partial charge in [0.15, 0.2) is 0 Å². The number of aliphatic imine (C=N–C) groups is 1. The van der Waals surface area contributed by atoms with Gasteiger partial charge in [0.05, 0.1) is 0 Å². The van der Waals surface area contributed by atoms with Crippen molar-refractivity contribution in [3.8, 4) is 0 Å². The zero-order valence-electron chi connectivity index (χ0n) is 8.18. The highest BCUT2D eigenvalue weighted by atomic mass is 14.6. The Labute approximate surface area is 74.2 Å². The van der Waals surface area contributed by atoms with E-state index in [1.807, 2.05) is 6.21 Å². The minimum atomic E-state index is 1.23. The highest BCUT2D eigenvalue weighted by Gasteiger charge is 1.98. The molecule has 0 atom stereocenters. The Morgan fingerprint density at radius 2 is 1.83 bits per heavy atom. The molecule has 0 aliphatic carbocycles. The minimum absolute atomic E-state index is 1.23. The van der Waals surface area contributed by atoms with E-state index < -0.39 is 0 Å². The summed E-state index contributed by atoms with van der Waals surface area (Å²) < 4.78 is 0. The third-order valence-electron chi connectivity index (χ3n) is 2.12. The van der Waals surface area contributed by atoms with E-state index in [1.54, 1.807) is 7.05 Å². The second-order valence-corrected chi connectivity index (χ2v) is 3.18. The lowest BCUT2D eigenvalue weighted by Crippen LogP contribution is -1.92. The average Bonchev–Trinajstić information content (AvgIpc) is 2.00. The number of rotatable bonds is 1. The molecule has 64 valence electrons. The molecule has 0 unspecified atom stereocenters. The Kier molecular flexibility index (Phi) is 2.64. The monoisotopic (exact) mass is 161 g/mol. The molecule has 0 amide bonds. The molecule has 1 rings (SSSR count).